The van der Waals surface area contributed by atoms with Crippen molar-refractivity contribution in [3.8, 4) is 0 Å². The average molecular weight is 362 g/mol. The predicted octanol–water partition coefficient (Wildman–Crippen LogP) is 2.74. The first-order valence-electron chi connectivity index (χ1n) is 6.30. The molecule has 0 aromatic heterocycles. The van der Waals surface area contributed by atoms with Gasteiger partial charge in [0.05, 0.1) is 11.3 Å². The molecule has 2 rings (SSSR count). The molecule has 0 unspecified atom stereocenters. The molecule has 0 atom stereocenters. The Kier molecular flexibility index (Phi) is 4.63. The Hall–Kier alpha value is -2.46. The van der Waals surface area contributed by atoms with Crippen LogP contribution in [-0.2, 0) is 16.2 Å². The second-order valence-corrected chi connectivity index (χ2v) is 6.22. The summed E-state index contributed by atoms with van der Waals surface area (Å²) >= 11 is 0. The lowest BCUT2D eigenvalue weighted by atomic mass is 10.1. The molecule has 0 aliphatic heterocycles. The molecule has 0 heterocycles. The Balaban J connectivity index is 2.56. The van der Waals surface area contributed by atoms with Crippen LogP contribution in [0.2, 0.25) is 0 Å². The Morgan fingerprint density at radius 1 is 1.08 bits per heavy atom. The molecule has 0 radical (unpaired) electrons. The number of sulfonamides is 1. The van der Waals surface area contributed by atoms with Gasteiger partial charge in [-0.15, -0.1) is 0 Å². The number of carbonyl (C=O) groups excluding carboxylic acids is 1. The van der Waals surface area contributed by atoms with Gasteiger partial charge in [0.15, 0.2) is 0 Å². The molecule has 2 aromatic carbocycles. The van der Waals surface area contributed by atoms with Gasteiger partial charge in [-0.3, -0.25) is 4.79 Å². The van der Waals surface area contributed by atoms with Crippen molar-refractivity contribution in [2.75, 3.05) is 5.32 Å². The van der Waals surface area contributed by atoms with Gasteiger partial charge in [0, 0.05) is 5.56 Å². The predicted molar refractivity (Wildman–Crippen MR) is 77.2 cm³/mol. The Bertz CT molecular complexity index is 881. The molecule has 0 aliphatic carbocycles. The van der Waals surface area contributed by atoms with E-state index in [1.807, 2.05) is 5.32 Å². The first-order valence-corrected chi connectivity index (χ1v) is 7.84. The zero-order chi connectivity index (χ0) is 18.1. The lowest BCUT2D eigenvalue weighted by Crippen LogP contribution is -2.20. The number of nitrogens with one attached hydrogen (secondary N) is 1. The third kappa shape index (κ3) is 3.89. The van der Waals surface area contributed by atoms with E-state index in [4.69, 9.17) is 5.14 Å². The number of carbonyl (C=O) groups is 1. The maximum atomic E-state index is 13.6. The van der Waals surface area contributed by atoms with E-state index < -0.39 is 44.1 Å². The fourth-order valence-electron chi connectivity index (χ4n) is 1.89. The van der Waals surface area contributed by atoms with Gasteiger partial charge in [-0.25, -0.2) is 17.9 Å². The van der Waals surface area contributed by atoms with Crippen LogP contribution in [-0.4, -0.2) is 14.3 Å². The standard InChI is InChI=1S/C14H10F4N2O3S/c15-10-7-12(24(19,22)23)11(6-9(10)14(16,17)18)20-13(21)8-4-2-1-3-5-8/h1-7H,(H,20,21)(H2,19,22,23). The minimum Gasteiger partial charge on any atom is -0.321 e. The number of amides is 1. The van der Waals surface area contributed by atoms with Crippen molar-refractivity contribution in [3.05, 3.63) is 59.4 Å². The fourth-order valence-corrected chi connectivity index (χ4v) is 2.57. The molecule has 0 fully saturated rings. The molecule has 24 heavy (non-hydrogen) atoms. The molecule has 3 N–H and O–H groups in total. The first kappa shape index (κ1) is 17.9. The number of benzene rings is 2. The van der Waals surface area contributed by atoms with Gasteiger partial charge in [0.1, 0.15) is 10.7 Å². The van der Waals surface area contributed by atoms with Gasteiger partial charge < -0.3 is 5.32 Å². The van der Waals surface area contributed by atoms with Crippen molar-refractivity contribution in [1.29, 1.82) is 0 Å². The summed E-state index contributed by atoms with van der Waals surface area (Å²) in [5.74, 6) is -2.69. The number of alkyl halides is 3. The summed E-state index contributed by atoms with van der Waals surface area (Å²) in [5.41, 5.74) is -2.42. The minimum absolute atomic E-state index is 0.0655. The molecule has 1 amide bonds. The summed E-state index contributed by atoms with van der Waals surface area (Å²) < 4.78 is 74.8. The number of hydrogen-bond acceptors (Lipinski definition) is 3. The van der Waals surface area contributed by atoms with Crippen LogP contribution in [0.1, 0.15) is 15.9 Å². The maximum absolute atomic E-state index is 13.6. The third-order valence-corrected chi connectivity index (χ3v) is 3.92. The van der Waals surface area contributed by atoms with E-state index in [-0.39, 0.29) is 17.7 Å². The highest BCUT2D eigenvalue weighted by Gasteiger charge is 2.36. The van der Waals surface area contributed by atoms with E-state index in [1.54, 1.807) is 6.07 Å². The van der Waals surface area contributed by atoms with Crippen LogP contribution in [0.3, 0.4) is 0 Å². The van der Waals surface area contributed by atoms with Crippen LogP contribution >= 0.6 is 0 Å². The van der Waals surface area contributed by atoms with E-state index in [1.165, 1.54) is 24.3 Å². The quantitative estimate of drug-likeness (QED) is 0.823. The van der Waals surface area contributed by atoms with Gasteiger partial charge in [-0.1, -0.05) is 18.2 Å². The summed E-state index contributed by atoms with van der Waals surface area (Å²) in [5, 5.41) is 6.88. The van der Waals surface area contributed by atoms with Gasteiger partial charge in [0.2, 0.25) is 10.0 Å². The lowest BCUT2D eigenvalue weighted by molar-refractivity contribution is -0.140. The number of halogens is 4. The van der Waals surface area contributed by atoms with Crippen LogP contribution in [0.4, 0.5) is 23.2 Å². The van der Waals surface area contributed by atoms with Gasteiger partial charge >= 0.3 is 6.18 Å². The Morgan fingerprint density at radius 3 is 2.17 bits per heavy atom. The van der Waals surface area contributed by atoms with Crippen molar-refractivity contribution in [2.45, 2.75) is 11.1 Å². The molecule has 0 aliphatic rings. The summed E-state index contributed by atoms with van der Waals surface area (Å²) in [6.07, 6.45) is -5.08. The number of primary sulfonamides is 1. The molecular formula is C14H10F4N2O3S. The molecule has 2 aromatic rings. The van der Waals surface area contributed by atoms with Crippen molar-refractivity contribution in [2.24, 2.45) is 5.14 Å². The monoisotopic (exact) mass is 362 g/mol. The van der Waals surface area contributed by atoms with Crippen molar-refractivity contribution in [3.63, 3.8) is 0 Å². The molecule has 0 saturated heterocycles. The minimum atomic E-state index is -5.08. The lowest BCUT2D eigenvalue weighted by Gasteiger charge is -2.14. The molecule has 128 valence electrons. The number of nitrogens with two attached hydrogens (primary N) is 1. The SMILES string of the molecule is NS(=O)(=O)c1cc(F)c(C(F)(F)F)cc1NC(=O)c1ccccc1. The number of rotatable bonds is 3. The van der Waals surface area contributed by atoms with Crippen molar-refractivity contribution < 1.29 is 30.8 Å². The average Bonchev–Trinajstić information content (AvgIpc) is 2.47. The molecule has 5 nitrogen and oxygen atoms in total. The fraction of sp³-hybridized carbons (Fsp3) is 0.0714. The highest BCUT2D eigenvalue weighted by Crippen LogP contribution is 2.35. The summed E-state index contributed by atoms with van der Waals surface area (Å²) in [6.45, 7) is 0. The molecule has 0 bridgehead atoms. The zero-order valence-electron chi connectivity index (χ0n) is 11.8. The van der Waals surface area contributed by atoms with Gasteiger partial charge in [0.25, 0.3) is 5.91 Å². The number of anilines is 1. The van der Waals surface area contributed by atoms with Gasteiger partial charge in [-0.2, -0.15) is 13.2 Å². The summed E-state index contributed by atoms with van der Waals surface area (Å²) in [6, 6.07) is 7.64. The molecule has 10 heteroatoms. The first-order chi connectivity index (χ1) is 11.0. The molecule has 0 spiro atoms. The number of hydrogen-bond donors (Lipinski definition) is 2. The van der Waals surface area contributed by atoms with Crippen LogP contribution in [0.15, 0.2) is 47.4 Å². The van der Waals surface area contributed by atoms with E-state index in [2.05, 4.69) is 0 Å². The van der Waals surface area contributed by atoms with Crippen LogP contribution in [0.5, 0.6) is 0 Å². The Labute approximate surface area is 134 Å². The zero-order valence-corrected chi connectivity index (χ0v) is 12.6. The Morgan fingerprint density at radius 2 is 1.67 bits per heavy atom. The summed E-state index contributed by atoms with van der Waals surface area (Å²) in [4.78, 5) is 11.1. The van der Waals surface area contributed by atoms with Crippen LogP contribution in [0, 0.1) is 5.82 Å². The van der Waals surface area contributed by atoms with Crippen LogP contribution < -0.4 is 10.5 Å². The van der Waals surface area contributed by atoms with E-state index >= 15 is 0 Å². The molecular weight excluding hydrogens is 352 g/mol. The smallest absolute Gasteiger partial charge is 0.321 e. The second kappa shape index (κ2) is 6.21. The summed E-state index contributed by atoms with van der Waals surface area (Å²) in [7, 11) is -4.57. The highest BCUT2D eigenvalue weighted by atomic mass is 32.2. The highest BCUT2D eigenvalue weighted by molar-refractivity contribution is 7.89. The second-order valence-electron chi connectivity index (χ2n) is 4.69. The normalized spacial score (nSPS) is 12.0. The topological polar surface area (TPSA) is 89.3 Å². The van der Waals surface area contributed by atoms with Crippen LogP contribution in [0.25, 0.3) is 0 Å². The van der Waals surface area contributed by atoms with Gasteiger partial charge in [-0.05, 0) is 24.3 Å². The van der Waals surface area contributed by atoms with Crippen molar-refractivity contribution >= 4 is 21.6 Å². The van der Waals surface area contributed by atoms with E-state index in [0.717, 1.165) is 0 Å². The van der Waals surface area contributed by atoms with E-state index in [9.17, 15) is 30.8 Å². The third-order valence-electron chi connectivity index (χ3n) is 2.97. The van der Waals surface area contributed by atoms with Crippen molar-refractivity contribution in [1.82, 2.24) is 0 Å². The molecule has 0 saturated carbocycles. The largest absolute Gasteiger partial charge is 0.419 e. The maximum Gasteiger partial charge on any atom is 0.419 e. The van der Waals surface area contributed by atoms with E-state index in [0.29, 0.717) is 0 Å².